The number of carbonyl (C=O) groups excluding carboxylic acids is 3. The molecule has 2 aromatic carbocycles. The van der Waals surface area contributed by atoms with Gasteiger partial charge in [-0.3, -0.25) is 19.3 Å². The first-order valence-corrected chi connectivity index (χ1v) is 13.6. The van der Waals surface area contributed by atoms with Crippen molar-refractivity contribution in [2.45, 2.75) is 33.7 Å². The van der Waals surface area contributed by atoms with Crippen LogP contribution >= 0.6 is 11.3 Å². The fraction of sp³-hybridized carbons (Fsp3) is 0.267. The maximum atomic E-state index is 13.5. The van der Waals surface area contributed by atoms with Gasteiger partial charge in [0.25, 0.3) is 5.78 Å². The Morgan fingerprint density at radius 3 is 2.38 bits per heavy atom. The number of ether oxygens (including phenoxy) is 3. The summed E-state index contributed by atoms with van der Waals surface area (Å²) >= 11 is 1.02. The number of ketones is 2. The van der Waals surface area contributed by atoms with E-state index in [4.69, 9.17) is 14.2 Å². The highest BCUT2D eigenvalue weighted by Gasteiger charge is 2.48. The first kappa shape index (κ1) is 28.6. The third-order valence-electron chi connectivity index (χ3n) is 6.13. The number of benzene rings is 2. The number of nitrogens with zero attached hydrogens (tertiary/aromatic N) is 2. The second kappa shape index (κ2) is 12.2. The molecule has 1 N–H and O–H groups in total. The van der Waals surface area contributed by atoms with Gasteiger partial charge in [0.1, 0.15) is 18.1 Å². The lowest BCUT2D eigenvalue weighted by molar-refractivity contribution is -0.132. The van der Waals surface area contributed by atoms with Crippen molar-refractivity contribution in [1.82, 2.24) is 4.98 Å². The predicted molar refractivity (Wildman–Crippen MR) is 153 cm³/mol. The Bertz CT molecular complexity index is 1490. The van der Waals surface area contributed by atoms with E-state index in [0.717, 1.165) is 11.3 Å². The highest BCUT2D eigenvalue weighted by atomic mass is 32.1. The molecular formula is C30H30N2O7S. The summed E-state index contributed by atoms with van der Waals surface area (Å²) in [6.45, 7) is 11.5. The molecule has 9 nitrogen and oxygen atoms in total. The summed E-state index contributed by atoms with van der Waals surface area (Å²) in [7, 11) is 0. The van der Waals surface area contributed by atoms with E-state index in [1.54, 1.807) is 55.5 Å². The molecule has 0 bridgehead atoms. The van der Waals surface area contributed by atoms with Crippen molar-refractivity contribution in [3.05, 3.63) is 82.4 Å². The molecule has 0 spiro atoms. The van der Waals surface area contributed by atoms with E-state index in [9.17, 15) is 19.5 Å². The van der Waals surface area contributed by atoms with E-state index in [0.29, 0.717) is 52.2 Å². The van der Waals surface area contributed by atoms with E-state index in [1.807, 2.05) is 13.8 Å². The molecule has 1 unspecified atom stereocenters. The molecule has 0 radical (unpaired) electrons. The van der Waals surface area contributed by atoms with E-state index < -0.39 is 17.7 Å². The number of anilines is 1. The van der Waals surface area contributed by atoms with Crippen molar-refractivity contribution in [3.8, 4) is 17.2 Å². The highest BCUT2D eigenvalue weighted by molar-refractivity contribution is 7.18. The van der Waals surface area contributed by atoms with Gasteiger partial charge in [0, 0.05) is 12.5 Å². The minimum absolute atomic E-state index is 0.117. The third-order valence-corrected chi connectivity index (χ3v) is 7.39. The monoisotopic (exact) mass is 562 g/mol. The van der Waals surface area contributed by atoms with Gasteiger partial charge in [-0.15, -0.1) is 0 Å². The van der Waals surface area contributed by atoms with E-state index in [2.05, 4.69) is 11.6 Å². The van der Waals surface area contributed by atoms with Crippen molar-refractivity contribution >= 4 is 39.7 Å². The summed E-state index contributed by atoms with van der Waals surface area (Å²) < 4.78 is 17.0. The van der Waals surface area contributed by atoms with Gasteiger partial charge >= 0.3 is 5.91 Å². The SMILES string of the molecule is C=CCOc1ccc(C2/C(=C(\O)c3ccc(OCC)cc3)C(=O)C(=O)N2c2nc(C)c(C(C)=O)s2)cc1OCC. The summed E-state index contributed by atoms with van der Waals surface area (Å²) in [5, 5.41) is 11.6. The molecule has 0 saturated carbocycles. The summed E-state index contributed by atoms with van der Waals surface area (Å²) in [4.78, 5) is 45.2. The minimum atomic E-state index is -1.05. The van der Waals surface area contributed by atoms with Gasteiger partial charge in [-0.1, -0.05) is 30.1 Å². The Kier molecular flexibility index (Phi) is 8.69. The second-order valence-electron chi connectivity index (χ2n) is 8.83. The second-order valence-corrected chi connectivity index (χ2v) is 9.81. The van der Waals surface area contributed by atoms with Crippen molar-refractivity contribution < 1.29 is 33.7 Å². The van der Waals surface area contributed by atoms with Gasteiger partial charge in [0.15, 0.2) is 22.4 Å². The number of thiazole rings is 1. The van der Waals surface area contributed by atoms with Gasteiger partial charge in [0.05, 0.1) is 35.4 Å². The molecule has 208 valence electrons. The Hall–Kier alpha value is -4.44. The Balaban J connectivity index is 1.92. The number of aryl methyl sites for hydroxylation is 1. The Morgan fingerprint density at radius 1 is 1.07 bits per heavy atom. The summed E-state index contributed by atoms with van der Waals surface area (Å²) in [5.41, 5.74) is 1.15. The number of hydrogen-bond acceptors (Lipinski definition) is 9. The van der Waals surface area contributed by atoms with Crippen molar-refractivity contribution in [2.75, 3.05) is 24.7 Å². The molecular weight excluding hydrogens is 532 g/mol. The van der Waals surface area contributed by atoms with Crippen LogP contribution in [0.15, 0.2) is 60.7 Å². The fourth-order valence-electron chi connectivity index (χ4n) is 4.42. The van der Waals surface area contributed by atoms with Crippen molar-refractivity contribution in [1.29, 1.82) is 0 Å². The maximum Gasteiger partial charge on any atom is 0.301 e. The van der Waals surface area contributed by atoms with Crippen LogP contribution in [0.3, 0.4) is 0 Å². The molecule has 40 heavy (non-hydrogen) atoms. The maximum absolute atomic E-state index is 13.5. The normalized spacial score (nSPS) is 16.2. The lowest BCUT2D eigenvalue weighted by Crippen LogP contribution is -2.29. The van der Waals surface area contributed by atoms with E-state index in [1.165, 1.54) is 11.8 Å². The minimum Gasteiger partial charge on any atom is -0.507 e. The smallest absolute Gasteiger partial charge is 0.301 e. The molecule has 1 aromatic heterocycles. The average Bonchev–Trinajstić information content (AvgIpc) is 3.45. The molecule has 0 aliphatic carbocycles. The number of carbonyl (C=O) groups is 3. The molecule has 1 fully saturated rings. The van der Waals surface area contributed by atoms with Crippen LogP contribution in [0.2, 0.25) is 0 Å². The number of rotatable bonds is 11. The van der Waals surface area contributed by atoms with Crippen LogP contribution in [0.4, 0.5) is 5.13 Å². The number of Topliss-reactive ketones (excluding diaryl/α,β-unsaturated/α-hetero) is 2. The van der Waals surface area contributed by atoms with Crippen LogP contribution in [0.25, 0.3) is 5.76 Å². The number of hydrogen-bond donors (Lipinski definition) is 1. The van der Waals surface area contributed by atoms with Gasteiger partial charge in [-0.25, -0.2) is 4.98 Å². The first-order valence-electron chi connectivity index (χ1n) is 12.7. The number of aliphatic hydroxyl groups excluding tert-OH is 1. The van der Waals surface area contributed by atoms with E-state index >= 15 is 0 Å². The third kappa shape index (κ3) is 5.48. The topological polar surface area (TPSA) is 115 Å². The van der Waals surface area contributed by atoms with Gasteiger partial charge in [0.2, 0.25) is 0 Å². The predicted octanol–water partition coefficient (Wildman–Crippen LogP) is 5.64. The summed E-state index contributed by atoms with van der Waals surface area (Å²) in [5.74, 6) is -0.844. The van der Waals surface area contributed by atoms with Crippen LogP contribution in [-0.4, -0.2) is 47.4 Å². The molecule has 10 heteroatoms. The first-order chi connectivity index (χ1) is 19.2. The highest BCUT2D eigenvalue weighted by Crippen LogP contribution is 2.45. The number of amides is 1. The molecule has 2 heterocycles. The molecule has 1 aliphatic rings. The molecule has 1 amide bonds. The quantitative estimate of drug-likeness (QED) is 0.105. The Labute approximate surface area is 236 Å². The van der Waals surface area contributed by atoms with Gasteiger partial charge < -0.3 is 19.3 Å². The van der Waals surface area contributed by atoms with Crippen LogP contribution in [0, 0.1) is 6.92 Å². The zero-order valence-corrected chi connectivity index (χ0v) is 23.5. The average molecular weight is 563 g/mol. The molecule has 1 saturated heterocycles. The summed E-state index contributed by atoms with van der Waals surface area (Å²) in [6, 6.07) is 10.6. The summed E-state index contributed by atoms with van der Waals surface area (Å²) in [6.07, 6.45) is 1.60. The molecule has 4 rings (SSSR count). The lowest BCUT2D eigenvalue weighted by atomic mass is 9.95. The van der Waals surface area contributed by atoms with Gasteiger partial charge in [-0.05, 0) is 62.7 Å². The molecule has 3 aromatic rings. The fourth-order valence-corrected chi connectivity index (χ4v) is 5.41. The number of aromatic nitrogens is 1. The van der Waals surface area contributed by atoms with Crippen LogP contribution in [0.1, 0.15) is 53.3 Å². The standard InChI is InChI=1S/C30H30N2O7S/c1-6-15-39-22-14-11-20(16-23(22)38-8-3)25-24(26(34)19-9-12-21(13-10-19)37-7-2)27(35)29(36)32(25)30-31-17(4)28(40-30)18(5)33/h6,9-14,16,25,34H,1,7-8,15H2,2-5H3/b26-24+. The Morgan fingerprint density at radius 2 is 1.77 bits per heavy atom. The van der Waals surface area contributed by atoms with Crippen LogP contribution in [-0.2, 0) is 9.59 Å². The largest absolute Gasteiger partial charge is 0.507 e. The van der Waals surface area contributed by atoms with E-state index in [-0.39, 0.29) is 28.9 Å². The van der Waals surface area contributed by atoms with Crippen LogP contribution in [0.5, 0.6) is 17.2 Å². The zero-order chi connectivity index (χ0) is 29.0. The zero-order valence-electron chi connectivity index (χ0n) is 22.7. The van der Waals surface area contributed by atoms with Crippen molar-refractivity contribution in [2.24, 2.45) is 0 Å². The molecule has 1 atom stereocenters. The van der Waals surface area contributed by atoms with Crippen molar-refractivity contribution in [3.63, 3.8) is 0 Å². The molecule has 1 aliphatic heterocycles. The number of aliphatic hydroxyl groups is 1. The lowest BCUT2D eigenvalue weighted by Gasteiger charge is -2.24. The van der Waals surface area contributed by atoms with Crippen LogP contribution < -0.4 is 19.1 Å². The van der Waals surface area contributed by atoms with Gasteiger partial charge in [-0.2, -0.15) is 0 Å².